The molecule has 0 aliphatic heterocycles. The molecule has 0 bridgehead atoms. The summed E-state index contributed by atoms with van der Waals surface area (Å²) in [5.41, 5.74) is 7.52. The fourth-order valence-corrected chi connectivity index (χ4v) is 1.26. The van der Waals surface area contributed by atoms with Crippen LogP contribution in [0.2, 0.25) is 0 Å². The highest BCUT2D eigenvalue weighted by Crippen LogP contribution is 2.17. The molecule has 1 rings (SSSR count). The molecule has 0 aliphatic carbocycles. The summed E-state index contributed by atoms with van der Waals surface area (Å²) in [7, 11) is 0. The zero-order valence-electron chi connectivity index (χ0n) is 8.95. The fourth-order valence-electron chi connectivity index (χ4n) is 1.26. The summed E-state index contributed by atoms with van der Waals surface area (Å²) in [6.45, 7) is 4.34. The van der Waals surface area contributed by atoms with Crippen LogP contribution in [0.5, 0.6) is 0 Å². The van der Waals surface area contributed by atoms with E-state index in [0.717, 1.165) is 5.56 Å². The van der Waals surface area contributed by atoms with Crippen LogP contribution in [0, 0.1) is 6.92 Å². The van der Waals surface area contributed by atoms with Gasteiger partial charge in [-0.05, 0) is 31.5 Å². The molecule has 0 fully saturated rings. The van der Waals surface area contributed by atoms with E-state index in [-0.39, 0.29) is 11.6 Å². The third-order valence-corrected chi connectivity index (χ3v) is 2.02. The van der Waals surface area contributed by atoms with Crippen LogP contribution >= 0.6 is 0 Å². The molecule has 4 nitrogen and oxygen atoms in total. The van der Waals surface area contributed by atoms with Crippen molar-refractivity contribution in [2.24, 2.45) is 5.73 Å². The van der Waals surface area contributed by atoms with Gasteiger partial charge in [-0.2, -0.15) is 0 Å². The first-order valence-corrected chi connectivity index (χ1v) is 4.84. The molecule has 0 saturated heterocycles. The van der Waals surface area contributed by atoms with E-state index in [1.54, 1.807) is 12.1 Å². The number of carboxylic acids is 1. The summed E-state index contributed by atoms with van der Waals surface area (Å²) < 4.78 is 0. The Morgan fingerprint density at radius 3 is 2.80 bits per heavy atom. The van der Waals surface area contributed by atoms with E-state index in [1.807, 2.05) is 19.9 Å². The number of hydrogen-bond donors (Lipinski definition) is 3. The molecule has 1 atom stereocenters. The number of nitrogens with two attached hydrogens (primary N) is 1. The minimum atomic E-state index is -0.929. The van der Waals surface area contributed by atoms with Crippen LogP contribution < -0.4 is 11.1 Å². The Morgan fingerprint density at radius 2 is 2.27 bits per heavy atom. The third kappa shape index (κ3) is 3.25. The lowest BCUT2D eigenvalue weighted by Gasteiger charge is -2.12. The van der Waals surface area contributed by atoms with E-state index < -0.39 is 5.97 Å². The number of aromatic carboxylic acids is 1. The van der Waals surface area contributed by atoms with Crippen LogP contribution in [0.15, 0.2) is 18.2 Å². The van der Waals surface area contributed by atoms with Crippen LogP contribution in [0.1, 0.15) is 22.8 Å². The number of hydrogen-bond acceptors (Lipinski definition) is 3. The van der Waals surface area contributed by atoms with Crippen molar-refractivity contribution in [3.05, 3.63) is 29.3 Å². The number of carbonyl (C=O) groups is 1. The van der Waals surface area contributed by atoms with Crippen LogP contribution in [-0.4, -0.2) is 23.7 Å². The van der Waals surface area contributed by atoms with Crippen molar-refractivity contribution >= 4 is 11.7 Å². The van der Waals surface area contributed by atoms with Crippen molar-refractivity contribution in [1.29, 1.82) is 0 Å². The van der Waals surface area contributed by atoms with Gasteiger partial charge in [0.15, 0.2) is 0 Å². The highest BCUT2D eigenvalue weighted by molar-refractivity contribution is 5.94. The minimum absolute atomic E-state index is 0.00726. The van der Waals surface area contributed by atoms with Gasteiger partial charge in [-0.3, -0.25) is 0 Å². The standard InChI is InChI=1S/C11H16N2O2/c1-7-3-4-9(11(14)15)10(5-7)13-6-8(2)12/h3-5,8,13H,6,12H2,1-2H3,(H,14,15). The second kappa shape index (κ2) is 4.79. The largest absolute Gasteiger partial charge is 0.478 e. The first kappa shape index (κ1) is 11.5. The summed E-state index contributed by atoms with van der Waals surface area (Å²) in [4.78, 5) is 10.9. The molecular weight excluding hydrogens is 192 g/mol. The zero-order valence-corrected chi connectivity index (χ0v) is 8.95. The Labute approximate surface area is 89.1 Å². The van der Waals surface area contributed by atoms with Gasteiger partial charge in [0.25, 0.3) is 0 Å². The molecule has 0 radical (unpaired) electrons. The normalized spacial score (nSPS) is 12.2. The monoisotopic (exact) mass is 208 g/mol. The summed E-state index contributed by atoms with van der Waals surface area (Å²) in [6.07, 6.45) is 0. The second-order valence-electron chi connectivity index (χ2n) is 3.71. The molecule has 1 aromatic rings. The highest BCUT2D eigenvalue weighted by Gasteiger charge is 2.09. The Balaban J connectivity index is 2.92. The molecule has 82 valence electrons. The Morgan fingerprint density at radius 1 is 1.60 bits per heavy atom. The van der Waals surface area contributed by atoms with E-state index in [1.165, 1.54) is 0 Å². The molecular formula is C11H16N2O2. The smallest absolute Gasteiger partial charge is 0.337 e. The predicted octanol–water partition coefficient (Wildman–Crippen LogP) is 1.45. The van der Waals surface area contributed by atoms with Gasteiger partial charge in [0.2, 0.25) is 0 Å². The molecule has 0 aromatic heterocycles. The van der Waals surface area contributed by atoms with Crippen LogP contribution in [-0.2, 0) is 0 Å². The number of benzene rings is 1. The molecule has 1 aromatic carbocycles. The van der Waals surface area contributed by atoms with Crippen molar-refractivity contribution in [3.8, 4) is 0 Å². The van der Waals surface area contributed by atoms with Crippen molar-refractivity contribution in [3.63, 3.8) is 0 Å². The maximum atomic E-state index is 10.9. The Bertz CT molecular complexity index is 362. The van der Waals surface area contributed by atoms with Crippen molar-refractivity contribution < 1.29 is 9.90 Å². The van der Waals surface area contributed by atoms with E-state index >= 15 is 0 Å². The summed E-state index contributed by atoms with van der Waals surface area (Å²) in [5, 5.41) is 12.0. The maximum absolute atomic E-state index is 10.9. The molecule has 0 amide bonds. The minimum Gasteiger partial charge on any atom is -0.478 e. The molecule has 4 heteroatoms. The van der Waals surface area contributed by atoms with Gasteiger partial charge in [-0.25, -0.2) is 4.79 Å². The Kier molecular flexibility index (Phi) is 3.68. The van der Waals surface area contributed by atoms with E-state index in [4.69, 9.17) is 10.8 Å². The van der Waals surface area contributed by atoms with Gasteiger partial charge in [-0.15, -0.1) is 0 Å². The predicted molar refractivity (Wildman–Crippen MR) is 60.3 cm³/mol. The average molecular weight is 208 g/mol. The zero-order chi connectivity index (χ0) is 11.4. The molecule has 4 N–H and O–H groups in total. The van der Waals surface area contributed by atoms with Crippen LogP contribution in [0.25, 0.3) is 0 Å². The average Bonchev–Trinajstić information content (AvgIpc) is 2.14. The van der Waals surface area contributed by atoms with E-state index in [9.17, 15) is 4.79 Å². The number of anilines is 1. The van der Waals surface area contributed by atoms with Crippen molar-refractivity contribution in [2.75, 3.05) is 11.9 Å². The molecule has 0 spiro atoms. The molecule has 0 aliphatic rings. The molecule has 0 saturated carbocycles. The Hall–Kier alpha value is -1.55. The van der Waals surface area contributed by atoms with Gasteiger partial charge >= 0.3 is 5.97 Å². The lowest BCUT2D eigenvalue weighted by atomic mass is 10.1. The fraction of sp³-hybridized carbons (Fsp3) is 0.364. The summed E-state index contributed by atoms with van der Waals surface area (Å²) in [5.74, 6) is -0.929. The maximum Gasteiger partial charge on any atom is 0.337 e. The summed E-state index contributed by atoms with van der Waals surface area (Å²) in [6, 6.07) is 5.18. The van der Waals surface area contributed by atoms with Crippen LogP contribution in [0.4, 0.5) is 5.69 Å². The molecule has 15 heavy (non-hydrogen) atoms. The summed E-state index contributed by atoms with van der Waals surface area (Å²) >= 11 is 0. The quantitative estimate of drug-likeness (QED) is 0.700. The number of rotatable bonds is 4. The van der Waals surface area contributed by atoms with Gasteiger partial charge < -0.3 is 16.2 Å². The van der Waals surface area contributed by atoms with Gasteiger partial charge in [0, 0.05) is 18.3 Å². The van der Waals surface area contributed by atoms with Crippen LogP contribution in [0.3, 0.4) is 0 Å². The SMILES string of the molecule is Cc1ccc(C(=O)O)c(NCC(C)N)c1. The van der Waals surface area contributed by atoms with E-state index in [2.05, 4.69) is 5.32 Å². The lowest BCUT2D eigenvalue weighted by molar-refractivity contribution is 0.0698. The lowest BCUT2D eigenvalue weighted by Crippen LogP contribution is -2.25. The third-order valence-electron chi connectivity index (χ3n) is 2.02. The van der Waals surface area contributed by atoms with Crippen molar-refractivity contribution in [2.45, 2.75) is 19.9 Å². The second-order valence-corrected chi connectivity index (χ2v) is 3.71. The highest BCUT2D eigenvalue weighted by atomic mass is 16.4. The number of aryl methyl sites for hydroxylation is 1. The van der Waals surface area contributed by atoms with E-state index in [0.29, 0.717) is 12.2 Å². The first-order valence-electron chi connectivity index (χ1n) is 4.84. The van der Waals surface area contributed by atoms with Gasteiger partial charge in [-0.1, -0.05) is 6.07 Å². The topological polar surface area (TPSA) is 75.3 Å². The van der Waals surface area contributed by atoms with Gasteiger partial charge in [0.05, 0.1) is 5.56 Å². The number of carboxylic acid groups (broad SMARTS) is 1. The van der Waals surface area contributed by atoms with Gasteiger partial charge in [0.1, 0.15) is 0 Å². The molecule has 1 unspecified atom stereocenters. The molecule has 0 heterocycles. The number of nitrogens with one attached hydrogen (secondary N) is 1. The van der Waals surface area contributed by atoms with Crippen molar-refractivity contribution in [1.82, 2.24) is 0 Å². The first-order chi connectivity index (χ1) is 7.00.